The number of hydrogen-bond acceptors (Lipinski definition) is 12. The van der Waals surface area contributed by atoms with Crippen LogP contribution in [0.15, 0.2) is 109 Å². The van der Waals surface area contributed by atoms with Crippen LogP contribution < -0.4 is 0 Å². The number of rotatable bonds is 20. The molecular formula is C44H51O12P. The first kappa shape index (κ1) is 42.2. The average molecular weight is 803 g/mol. The Labute approximate surface area is 334 Å². The Kier molecular flexibility index (Phi) is 15.5. The lowest BCUT2D eigenvalue weighted by Gasteiger charge is -2.38. The highest BCUT2D eigenvalue weighted by molar-refractivity contribution is 7.48. The normalized spacial score (nSPS) is 18.9. The minimum absolute atomic E-state index is 0.000342. The molecule has 0 bridgehead atoms. The maximum atomic E-state index is 14.3. The maximum absolute atomic E-state index is 14.3. The van der Waals surface area contributed by atoms with Gasteiger partial charge in [-0.1, -0.05) is 124 Å². The van der Waals surface area contributed by atoms with Crippen molar-refractivity contribution in [3.63, 3.8) is 0 Å². The molecule has 57 heavy (non-hydrogen) atoms. The summed E-state index contributed by atoms with van der Waals surface area (Å²) < 4.78 is 67.8. The van der Waals surface area contributed by atoms with E-state index in [1.807, 2.05) is 92.7 Å². The van der Waals surface area contributed by atoms with Crippen molar-refractivity contribution >= 4 is 19.9 Å². The predicted molar refractivity (Wildman–Crippen MR) is 211 cm³/mol. The van der Waals surface area contributed by atoms with Crippen LogP contribution in [0.3, 0.4) is 0 Å². The molecule has 0 saturated carbocycles. The fourth-order valence-electron chi connectivity index (χ4n) is 6.52. The van der Waals surface area contributed by atoms with E-state index < -0.39 is 57.4 Å². The monoisotopic (exact) mass is 802 g/mol. The van der Waals surface area contributed by atoms with Crippen molar-refractivity contribution in [2.75, 3.05) is 33.0 Å². The number of phosphoric ester groups is 1. The Bertz CT molecular complexity index is 1870. The lowest BCUT2D eigenvalue weighted by atomic mass is 9.98. The fourth-order valence-corrected chi connectivity index (χ4v) is 7.87. The standard InChI is InChI=1S/C44H51O12P/c1-4-6-26-51-57(47,52-27-7-5-2)56-43(55-39-29-48-42(53-31(39)3)33-20-12-9-13-21-33)40(54-41(45)32-18-10-8-11-19-32)30-50-44(46)49-28-38-36-24-16-14-22-34(36)35-23-15-17-25-37(35)38/h8-25,31,38-40,42-43H,4-7,26-30H2,1-3H3/t31-,39?,40-,42?,43-/m0/s1. The zero-order valence-electron chi connectivity index (χ0n) is 32.6. The van der Waals surface area contributed by atoms with Gasteiger partial charge in [-0.05, 0) is 54.2 Å². The first-order chi connectivity index (χ1) is 27.8. The molecule has 6 rings (SSSR count). The quantitative estimate of drug-likeness (QED) is 0.0364. The number of phosphoric acid groups is 1. The van der Waals surface area contributed by atoms with Gasteiger partial charge in [0.15, 0.2) is 12.4 Å². The van der Waals surface area contributed by atoms with Crippen LogP contribution in [-0.2, 0) is 46.6 Å². The number of ether oxygens (including phenoxy) is 6. The molecule has 1 aliphatic carbocycles. The van der Waals surface area contributed by atoms with Gasteiger partial charge in [-0.15, -0.1) is 0 Å². The molecule has 1 aliphatic heterocycles. The van der Waals surface area contributed by atoms with Gasteiger partial charge in [0, 0.05) is 11.5 Å². The minimum atomic E-state index is -4.36. The third-order valence-corrected chi connectivity index (χ3v) is 11.1. The van der Waals surface area contributed by atoms with Crippen LogP contribution in [0.25, 0.3) is 11.1 Å². The summed E-state index contributed by atoms with van der Waals surface area (Å²) in [7, 11) is -4.36. The number of esters is 1. The Morgan fingerprint density at radius 2 is 1.35 bits per heavy atom. The molecule has 12 nitrogen and oxygen atoms in total. The number of carbonyl (C=O) groups is 2. The van der Waals surface area contributed by atoms with Gasteiger partial charge in [-0.3, -0.25) is 13.6 Å². The molecule has 1 saturated heterocycles. The van der Waals surface area contributed by atoms with E-state index in [-0.39, 0.29) is 37.9 Å². The van der Waals surface area contributed by atoms with E-state index in [4.69, 9.17) is 42.0 Å². The van der Waals surface area contributed by atoms with Gasteiger partial charge >= 0.3 is 19.9 Å². The minimum Gasteiger partial charge on any atom is -0.450 e. The van der Waals surface area contributed by atoms with Crippen molar-refractivity contribution in [2.24, 2.45) is 0 Å². The molecule has 2 unspecified atom stereocenters. The first-order valence-electron chi connectivity index (χ1n) is 19.6. The number of hydrogen-bond donors (Lipinski definition) is 0. The summed E-state index contributed by atoms with van der Waals surface area (Å²) in [5.41, 5.74) is 5.25. The van der Waals surface area contributed by atoms with Gasteiger partial charge < -0.3 is 28.4 Å². The molecular weight excluding hydrogens is 751 g/mol. The Morgan fingerprint density at radius 3 is 1.95 bits per heavy atom. The molecule has 5 atom stereocenters. The summed E-state index contributed by atoms with van der Waals surface area (Å²) in [6, 6.07) is 33.7. The Balaban J connectivity index is 1.23. The predicted octanol–water partition coefficient (Wildman–Crippen LogP) is 9.78. The smallest absolute Gasteiger partial charge is 0.450 e. The van der Waals surface area contributed by atoms with Crippen molar-refractivity contribution in [1.29, 1.82) is 0 Å². The van der Waals surface area contributed by atoms with E-state index in [0.717, 1.165) is 40.7 Å². The molecule has 304 valence electrons. The van der Waals surface area contributed by atoms with E-state index in [1.54, 1.807) is 37.3 Å². The average Bonchev–Trinajstić information content (AvgIpc) is 3.56. The molecule has 0 radical (unpaired) electrons. The van der Waals surface area contributed by atoms with Crippen LogP contribution in [0.1, 0.15) is 85.7 Å². The second kappa shape index (κ2) is 20.9. The van der Waals surface area contributed by atoms with Gasteiger partial charge in [0.1, 0.15) is 19.3 Å². The van der Waals surface area contributed by atoms with Crippen molar-refractivity contribution in [3.05, 3.63) is 131 Å². The first-order valence-corrected chi connectivity index (χ1v) is 21.0. The van der Waals surface area contributed by atoms with E-state index in [0.29, 0.717) is 12.8 Å². The fraction of sp³-hybridized carbons (Fsp3) is 0.409. The lowest BCUT2D eigenvalue weighted by molar-refractivity contribution is -0.294. The zero-order chi connectivity index (χ0) is 40.0. The number of unbranched alkanes of at least 4 members (excludes halogenated alkanes) is 2. The zero-order valence-corrected chi connectivity index (χ0v) is 33.5. The van der Waals surface area contributed by atoms with E-state index >= 15 is 0 Å². The van der Waals surface area contributed by atoms with Crippen molar-refractivity contribution < 1.29 is 56.1 Å². The van der Waals surface area contributed by atoms with E-state index in [1.165, 1.54) is 0 Å². The Hall–Kier alpha value is -4.39. The third-order valence-electron chi connectivity index (χ3n) is 9.65. The van der Waals surface area contributed by atoms with Crippen LogP contribution in [-0.4, -0.2) is 69.8 Å². The SMILES string of the molecule is CCCCOP(=O)(OCCCC)O[C@H](OC1COC(c2ccccc2)O[C@H]1C)[C@H](COC(=O)OCC1c2ccccc2-c2ccccc21)OC(=O)c1ccccc1. The summed E-state index contributed by atoms with van der Waals surface area (Å²) in [6.45, 7) is 5.31. The lowest BCUT2D eigenvalue weighted by Crippen LogP contribution is -2.47. The molecule has 0 spiro atoms. The molecule has 1 heterocycles. The van der Waals surface area contributed by atoms with Crippen molar-refractivity contribution in [2.45, 2.75) is 83.3 Å². The summed E-state index contributed by atoms with van der Waals surface area (Å²) in [5.74, 6) is -0.981. The molecule has 4 aromatic rings. The van der Waals surface area contributed by atoms with Crippen LogP contribution in [0.4, 0.5) is 4.79 Å². The highest BCUT2D eigenvalue weighted by atomic mass is 31.2. The largest absolute Gasteiger partial charge is 0.508 e. The molecule has 0 amide bonds. The Morgan fingerprint density at radius 1 is 0.772 bits per heavy atom. The van der Waals surface area contributed by atoms with E-state index in [2.05, 4.69) is 0 Å². The molecule has 2 aliphatic rings. The van der Waals surface area contributed by atoms with Crippen molar-refractivity contribution in [1.82, 2.24) is 0 Å². The topological polar surface area (TPSA) is 134 Å². The van der Waals surface area contributed by atoms with Crippen LogP contribution in [0.5, 0.6) is 0 Å². The second-order valence-corrected chi connectivity index (χ2v) is 15.4. The van der Waals surface area contributed by atoms with Gasteiger partial charge in [-0.25, -0.2) is 14.2 Å². The van der Waals surface area contributed by atoms with Crippen molar-refractivity contribution in [3.8, 4) is 11.1 Å². The number of benzene rings is 4. The van der Waals surface area contributed by atoms with Gasteiger partial charge in [0.2, 0.25) is 6.29 Å². The van der Waals surface area contributed by atoms with Gasteiger partial charge in [0.25, 0.3) is 0 Å². The number of fused-ring (bicyclic) bond motifs is 3. The summed E-state index contributed by atoms with van der Waals surface area (Å²) in [4.78, 5) is 26.9. The molecule has 0 aromatic heterocycles. The third kappa shape index (κ3) is 11.4. The van der Waals surface area contributed by atoms with Crippen LogP contribution in [0, 0.1) is 0 Å². The summed E-state index contributed by atoms with van der Waals surface area (Å²) in [5, 5.41) is 0. The summed E-state index contributed by atoms with van der Waals surface area (Å²) >= 11 is 0. The number of carbonyl (C=O) groups excluding carboxylic acids is 2. The van der Waals surface area contributed by atoms with Gasteiger partial charge in [-0.2, -0.15) is 0 Å². The van der Waals surface area contributed by atoms with Gasteiger partial charge in [0.05, 0.1) is 31.5 Å². The molecule has 1 fully saturated rings. The van der Waals surface area contributed by atoms with E-state index in [9.17, 15) is 14.2 Å². The highest BCUT2D eigenvalue weighted by Gasteiger charge is 2.42. The van der Waals surface area contributed by atoms with Crippen LogP contribution in [0.2, 0.25) is 0 Å². The highest BCUT2D eigenvalue weighted by Crippen LogP contribution is 2.52. The molecule has 0 N–H and O–H groups in total. The van der Waals surface area contributed by atoms with Crippen LogP contribution >= 0.6 is 7.82 Å². The molecule has 13 heteroatoms. The molecule has 4 aromatic carbocycles. The maximum Gasteiger partial charge on any atom is 0.508 e. The summed E-state index contributed by atoms with van der Waals surface area (Å²) in [6.07, 6.45) is -3.53. The second-order valence-electron chi connectivity index (χ2n) is 13.8.